The Hall–Kier alpha value is -1.32. The zero-order valence-corrected chi connectivity index (χ0v) is 10.8. The van der Waals surface area contributed by atoms with Crippen molar-refractivity contribution in [1.29, 1.82) is 0 Å². The molecule has 3 heteroatoms. The van der Waals surface area contributed by atoms with E-state index in [4.69, 9.17) is 9.47 Å². The lowest BCUT2D eigenvalue weighted by Gasteiger charge is -2.23. The number of aryl methyl sites for hydroxylation is 2. The predicted molar refractivity (Wildman–Crippen MR) is 71.6 cm³/mol. The third-order valence-electron chi connectivity index (χ3n) is 3.49. The zero-order chi connectivity index (χ0) is 12.4. The number of benzene rings is 1. The van der Waals surface area contributed by atoms with Gasteiger partial charge in [-0.3, -0.25) is 0 Å². The molecule has 1 saturated heterocycles. The Kier molecular flexibility index (Phi) is 3.35. The summed E-state index contributed by atoms with van der Waals surface area (Å²) >= 11 is 0. The fourth-order valence-electron chi connectivity index (χ4n) is 2.56. The smallest absolute Gasteiger partial charge is 0.159 e. The van der Waals surface area contributed by atoms with Gasteiger partial charge in [0.15, 0.2) is 6.29 Å². The lowest BCUT2D eigenvalue weighted by molar-refractivity contribution is -0.182. The van der Waals surface area contributed by atoms with E-state index in [9.17, 15) is 0 Å². The number of nitrogens with zero attached hydrogens (tertiary/aromatic N) is 1. The van der Waals surface area contributed by atoms with Crippen molar-refractivity contribution in [1.82, 2.24) is 4.57 Å². The number of rotatable bonds is 3. The molecule has 1 aliphatic heterocycles. The first-order chi connectivity index (χ1) is 8.84. The van der Waals surface area contributed by atoms with Crippen LogP contribution in [0.5, 0.6) is 0 Å². The fourth-order valence-corrected chi connectivity index (χ4v) is 2.56. The van der Waals surface area contributed by atoms with E-state index >= 15 is 0 Å². The number of aromatic nitrogens is 1. The van der Waals surface area contributed by atoms with Crippen molar-refractivity contribution in [3.8, 4) is 0 Å². The number of ether oxygens (including phenoxy) is 2. The molecule has 2 heterocycles. The molecule has 1 aliphatic rings. The van der Waals surface area contributed by atoms with Gasteiger partial charge in [-0.05, 0) is 25.0 Å². The molecular formula is C15H19NO2. The van der Waals surface area contributed by atoms with Crippen LogP contribution in [0.15, 0.2) is 30.5 Å². The van der Waals surface area contributed by atoms with Gasteiger partial charge in [0.05, 0.1) is 13.2 Å². The topological polar surface area (TPSA) is 23.4 Å². The Bertz CT molecular complexity index is 526. The second-order valence-electron chi connectivity index (χ2n) is 4.84. The highest BCUT2D eigenvalue weighted by atomic mass is 16.7. The van der Waals surface area contributed by atoms with Crippen molar-refractivity contribution in [2.24, 2.45) is 0 Å². The van der Waals surface area contributed by atoms with E-state index in [2.05, 4.69) is 42.0 Å². The first-order valence-corrected chi connectivity index (χ1v) is 6.62. The zero-order valence-electron chi connectivity index (χ0n) is 10.8. The Morgan fingerprint density at radius 2 is 2.00 bits per heavy atom. The van der Waals surface area contributed by atoms with Crippen molar-refractivity contribution in [2.45, 2.75) is 32.6 Å². The molecule has 0 N–H and O–H groups in total. The molecule has 1 aromatic carbocycles. The normalized spacial score (nSPS) is 17.4. The third kappa shape index (κ3) is 2.28. The summed E-state index contributed by atoms with van der Waals surface area (Å²) in [5, 5.41) is 1.34. The monoisotopic (exact) mass is 245 g/mol. The molecule has 0 unspecified atom stereocenters. The van der Waals surface area contributed by atoms with Crippen molar-refractivity contribution in [3.63, 3.8) is 0 Å². The molecule has 0 bridgehead atoms. The standard InChI is InChI=1S/C15H19NO2/c1-12-11-16(14-6-3-2-5-13(12)14)8-7-15-17-9-4-10-18-15/h2-3,5-6,11,15H,4,7-10H2,1H3. The fraction of sp³-hybridized carbons (Fsp3) is 0.467. The van der Waals surface area contributed by atoms with Gasteiger partial charge in [-0.25, -0.2) is 0 Å². The molecule has 0 aliphatic carbocycles. The van der Waals surface area contributed by atoms with Gasteiger partial charge in [-0.1, -0.05) is 18.2 Å². The summed E-state index contributed by atoms with van der Waals surface area (Å²) in [4.78, 5) is 0. The second kappa shape index (κ2) is 5.12. The molecule has 18 heavy (non-hydrogen) atoms. The van der Waals surface area contributed by atoms with Crippen LogP contribution in [0.3, 0.4) is 0 Å². The summed E-state index contributed by atoms with van der Waals surface area (Å²) in [6.07, 6.45) is 4.12. The van der Waals surface area contributed by atoms with Gasteiger partial charge in [-0.2, -0.15) is 0 Å². The van der Waals surface area contributed by atoms with E-state index in [0.29, 0.717) is 0 Å². The van der Waals surface area contributed by atoms with Gasteiger partial charge < -0.3 is 14.0 Å². The first-order valence-electron chi connectivity index (χ1n) is 6.62. The summed E-state index contributed by atoms with van der Waals surface area (Å²) < 4.78 is 13.5. The summed E-state index contributed by atoms with van der Waals surface area (Å²) in [7, 11) is 0. The lowest BCUT2D eigenvalue weighted by atomic mass is 10.2. The molecular weight excluding hydrogens is 226 g/mol. The minimum Gasteiger partial charge on any atom is -0.353 e. The van der Waals surface area contributed by atoms with Crippen LogP contribution in [0.25, 0.3) is 10.9 Å². The first kappa shape index (κ1) is 11.8. The molecule has 0 atom stereocenters. The Morgan fingerprint density at radius 1 is 1.22 bits per heavy atom. The minimum absolute atomic E-state index is 0.0276. The molecule has 1 fully saturated rings. The average Bonchev–Trinajstić information content (AvgIpc) is 2.75. The maximum Gasteiger partial charge on any atom is 0.159 e. The van der Waals surface area contributed by atoms with Crippen LogP contribution in [0.2, 0.25) is 0 Å². The van der Waals surface area contributed by atoms with E-state index in [1.807, 2.05) is 0 Å². The van der Waals surface area contributed by atoms with Crippen molar-refractivity contribution in [2.75, 3.05) is 13.2 Å². The van der Waals surface area contributed by atoms with Crippen LogP contribution in [-0.4, -0.2) is 24.1 Å². The quantitative estimate of drug-likeness (QED) is 0.829. The van der Waals surface area contributed by atoms with E-state index in [-0.39, 0.29) is 6.29 Å². The minimum atomic E-state index is -0.0276. The van der Waals surface area contributed by atoms with Gasteiger partial charge in [0.25, 0.3) is 0 Å². The molecule has 2 aromatic rings. The van der Waals surface area contributed by atoms with Gasteiger partial charge in [-0.15, -0.1) is 0 Å². The Morgan fingerprint density at radius 3 is 2.83 bits per heavy atom. The van der Waals surface area contributed by atoms with Crippen LogP contribution in [0.1, 0.15) is 18.4 Å². The van der Waals surface area contributed by atoms with Crippen LogP contribution >= 0.6 is 0 Å². The number of hydrogen-bond acceptors (Lipinski definition) is 2. The third-order valence-corrected chi connectivity index (χ3v) is 3.49. The Balaban J connectivity index is 1.74. The van der Waals surface area contributed by atoms with Crippen molar-refractivity contribution >= 4 is 10.9 Å². The van der Waals surface area contributed by atoms with E-state index in [0.717, 1.165) is 32.6 Å². The highest BCUT2D eigenvalue weighted by Crippen LogP contribution is 2.21. The van der Waals surface area contributed by atoms with Crippen LogP contribution in [0.4, 0.5) is 0 Å². The number of para-hydroxylation sites is 1. The maximum atomic E-state index is 5.58. The summed E-state index contributed by atoms with van der Waals surface area (Å²) in [6, 6.07) is 8.53. The SMILES string of the molecule is Cc1cn(CCC2OCCCO2)c2ccccc12. The van der Waals surface area contributed by atoms with Gasteiger partial charge >= 0.3 is 0 Å². The largest absolute Gasteiger partial charge is 0.353 e. The summed E-state index contributed by atoms with van der Waals surface area (Å²) in [6.45, 7) is 4.76. The van der Waals surface area contributed by atoms with Crippen LogP contribution in [-0.2, 0) is 16.0 Å². The van der Waals surface area contributed by atoms with E-state index in [1.54, 1.807) is 0 Å². The molecule has 0 spiro atoms. The highest BCUT2D eigenvalue weighted by molar-refractivity contribution is 5.83. The molecule has 1 aromatic heterocycles. The van der Waals surface area contributed by atoms with Gasteiger partial charge in [0.1, 0.15) is 0 Å². The summed E-state index contributed by atoms with van der Waals surface area (Å²) in [5.41, 5.74) is 2.63. The highest BCUT2D eigenvalue weighted by Gasteiger charge is 2.14. The lowest BCUT2D eigenvalue weighted by Crippen LogP contribution is -2.25. The molecule has 0 radical (unpaired) electrons. The van der Waals surface area contributed by atoms with Crippen molar-refractivity contribution in [3.05, 3.63) is 36.0 Å². The molecule has 3 nitrogen and oxygen atoms in total. The van der Waals surface area contributed by atoms with Crippen LogP contribution in [0, 0.1) is 6.92 Å². The molecule has 3 rings (SSSR count). The van der Waals surface area contributed by atoms with Crippen LogP contribution < -0.4 is 0 Å². The second-order valence-corrected chi connectivity index (χ2v) is 4.84. The Labute approximate surface area is 107 Å². The predicted octanol–water partition coefficient (Wildman–Crippen LogP) is 3.10. The average molecular weight is 245 g/mol. The molecule has 0 amide bonds. The molecule has 0 saturated carbocycles. The number of fused-ring (bicyclic) bond motifs is 1. The van der Waals surface area contributed by atoms with Gasteiger partial charge in [0.2, 0.25) is 0 Å². The molecule has 96 valence electrons. The summed E-state index contributed by atoms with van der Waals surface area (Å²) in [5.74, 6) is 0. The maximum absolute atomic E-state index is 5.58. The van der Waals surface area contributed by atoms with E-state index < -0.39 is 0 Å². The van der Waals surface area contributed by atoms with E-state index in [1.165, 1.54) is 16.5 Å². The number of hydrogen-bond donors (Lipinski definition) is 0. The van der Waals surface area contributed by atoms with Gasteiger partial charge in [0, 0.05) is 30.1 Å². The van der Waals surface area contributed by atoms with Crippen molar-refractivity contribution < 1.29 is 9.47 Å².